The number of anilines is 1. The number of hydrogen-bond acceptors (Lipinski definition) is 6. The molecule has 3 rings (SSSR count). The van der Waals surface area contributed by atoms with Crippen LogP contribution in [0.4, 0.5) is 5.82 Å². The Labute approximate surface area is 155 Å². The van der Waals surface area contributed by atoms with Crippen LogP contribution in [0.15, 0.2) is 65.2 Å². The Balaban J connectivity index is 1.81. The maximum Gasteiger partial charge on any atom is 0.339 e. The second-order valence-corrected chi connectivity index (χ2v) is 5.86. The highest BCUT2D eigenvalue weighted by Gasteiger charge is 2.26. The number of rotatable bonds is 6. The molecular weight excluding hydrogens is 348 g/mol. The van der Waals surface area contributed by atoms with Gasteiger partial charge in [-0.05, 0) is 24.6 Å². The van der Waals surface area contributed by atoms with Gasteiger partial charge in [-0.2, -0.15) is 0 Å². The molecule has 0 radical (unpaired) electrons. The summed E-state index contributed by atoms with van der Waals surface area (Å²) in [7, 11) is 0. The molecule has 1 unspecified atom stereocenters. The number of hydrogen-bond donors (Lipinski definition) is 2. The maximum atomic E-state index is 12.7. The van der Waals surface area contributed by atoms with Crippen LogP contribution in [-0.4, -0.2) is 22.1 Å². The lowest BCUT2D eigenvalue weighted by molar-refractivity contribution is -0.125. The monoisotopic (exact) mass is 366 g/mol. The predicted octanol–water partition coefficient (Wildman–Crippen LogP) is 3.01. The number of nitrogens with one attached hydrogen (secondary N) is 1. The highest BCUT2D eigenvalue weighted by Crippen LogP contribution is 2.22. The van der Waals surface area contributed by atoms with E-state index in [4.69, 9.17) is 14.4 Å². The van der Waals surface area contributed by atoms with Gasteiger partial charge in [0.1, 0.15) is 5.76 Å². The van der Waals surface area contributed by atoms with Crippen molar-refractivity contribution >= 4 is 17.7 Å². The number of amides is 1. The average Bonchev–Trinajstić information content (AvgIpc) is 3.11. The van der Waals surface area contributed by atoms with E-state index in [-0.39, 0.29) is 18.0 Å². The molecule has 2 aromatic carbocycles. The normalized spacial score (nSPS) is 11.6. The summed E-state index contributed by atoms with van der Waals surface area (Å²) in [5.74, 6) is -0.418. The third kappa shape index (κ3) is 4.59. The quantitative estimate of drug-likeness (QED) is 0.650. The summed E-state index contributed by atoms with van der Waals surface area (Å²) >= 11 is 0. The van der Waals surface area contributed by atoms with Gasteiger partial charge in [-0.15, -0.1) is 0 Å². The third-order valence-corrected chi connectivity index (χ3v) is 3.82. The molecule has 0 aliphatic carbocycles. The zero-order chi connectivity index (χ0) is 19.2. The largest absolute Gasteiger partial charge is 0.444 e. The Kier molecular flexibility index (Phi) is 5.63. The fourth-order valence-corrected chi connectivity index (χ4v) is 2.44. The van der Waals surface area contributed by atoms with Gasteiger partial charge in [0, 0.05) is 11.6 Å². The predicted molar refractivity (Wildman–Crippen MR) is 96.8 cm³/mol. The van der Waals surface area contributed by atoms with Crippen molar-refractivity contribution in [2.24, 2.45) is 0 Å². The van der Waals surface area contributed by atoms with Crippen molar-refractivity contribution < 1.29 is 24.0 Å². The van der Waals surface area contributed by atoms with Crippen LogP contribution in [0.5, 0.6) is 0 Å². The van der Waals surface area contributed by atoms with Crippen molar-refractivity contribution in [3.05, 3.63) is 83.1 Å². The number of esters is 1. The molecule has 1 heterocycles. The minimum Gasteiger partial charge on any atom is -0.444 e. The first-order valence-electron chi connectivity index (χ1n) is 8.26. The number of aliphatic hydroxyl groups excluding tert-OH is 1. The molecule has 0 aliphatic heterocycles. The van der Waals surface area contributed by atoms with Crippen molar-refractivity contribution in [3.63, 3.8) is 0 Å². The molecule has 138 valence electrons. The van der Waals surface area contributed by atoms with E-state index in [0.29, 0.717) is 16.9 Å². The average molecular weight is 366 g/mol. The van der Waals surface area contributed by atoms with Gasteiger partial charge >= 0.3 is 5.97 Å². The Hall–Kier alpha value is -3.45. The van der Waals surface area contributed by atoms with E-state index in [2.05, 4.69) is 10.5 Å². The lowest BCUT2D eigenvalue weighted by Crippen LogP contribution is -2.26. The SMILES string of the molecule is Cc1cc(NC(=O)C(OC(=O)c2ccc(CO)cc2)c2ccccc2)no1. The van der Waals surface area contributed by atoms with E-state index in [0.717, 1.165) is 0 Å². The molecule has 27 heavy (non-hydrogen) atoms. The second-order valence-electron chi connectivity index (χ2n) is 5.86. The molecule has 7 heteroatoms. The van der Waals surface area contributed by atoms with Crippen LogP contribution in [0.25, 0.3) is 0 Å². The number of carbonyl (C=O) groups is 2. The van der Waals surface area contributed by atoms with Crippen molar-refractivity contribution in [3.8, 4) is 0 Å². The van der Waals surface area contributed by atoms with E-state index < -0.39 is 18.0 Å². The summed E-state index contributed by atoms with van der Waals surface area (Å²) in [4.78, 5) is 25.2. The van der Waals surface area contributed by atoms with E-state index in [9.17, 15) is 9.59 Å². The molecular formula is C20H18N2O5. The molecule has 0 fully saturated rings. The lowest BCUT2D eigenvalue weighted by Gasteiger charge is -2.17. The van der Waals surface area contributed by atoms with Gasteiger partial charge in [-0.3, -0.25) is 4.79 Å². The summed E-state index contributed by atoms with van der Waals surface area (Å²) in [6.07, 6.45) is -1.16. The van der Waals surface area contributed by atoms with Crippen LogP contribution in [0.3, 0.4) is 0 Å². The Morgan fingerprint density at radius 1 is 1.15 bits per heavy atom. The minimum absolute atomic E-state index is 0.124. The summed E-state index contributed by atoms with van der Waals surface area (Å²) in [6, 6.07) is 16.6. The maximum absolute atomic E-state index is 12.7. The van der Waals surface area contributed by atoms with E-state index in [1.165, 1.54) is 12.1 Å². The number of aryl methyl sites for hydroxylation is 1. The Morgan fingerprint density at radius 3 is 2.44 bits per heavy atom. The van der Waals surface area contributed by atoms with Gasteiger partial charge in [-0.25, -0.2) is 4.79 Å². The van der Waals surface area contributed by atoms with Crippen molar-refractivity contribution in [1.29, 1.82) is 0 Å². The summed E-state index contributed by atoms with van der Waals surface area (Å²) in [6.45, 7) is 1.58. The van der Waals surface area contributed by atoms with E-state index in [1.54, 1.807) is 55.5 Å². The molecule has 1 atom stereocenters. The van der Waals surface area contributed by atoms with Crippen LogP contribution in [0.2, 0.25) is 0 Å². The Morgan fingerprint density at radius 2 is 1.85 bits per heavy atom. The van der Waals surface area contributed by atoms with Crippen molar-refractivity contribution in [2.45, 2.75) is 19.6 Å². The van der Waals surface area contributed by atoms with Crippen LogP contribution in [-0.2, 0) is 16.1 Å². The minimum atomic E-state index is -1.16. The fourth-order valence-electron chi connectivity index (χ4n) is 2.44. The highest BCUT2D eigenvalue weighted by molar-refractivity contribution is 5.97. The zero-order valence-electron chi connectivity index (χ0n) is 14.6. The third-order valence-electron chi connectivity index (χ3n) is 3.82. The number of ether oxygens (including phenoxy) is 1. The number of benzene rings is 2. The number of nitrogens with zero attached hydrogens (tertiary/aromatic N) is 1. The summed E-state index contributed by atoms with van der Waals surface area (Å²) in [5, 5.41) is 15.4. The standard InChI is InChI=1S/C20H18N2O5/c1-13-11-17(22-27-13)21-19(24)18(15-5-3-2-4-6-15)26-20(25)16-9-7-14(12-23)8-10-16/h2-11,18,23H,12H2,1H3,(H,21,22,24). The Bertz CT molecular complexity index is 919. The first-order chi connectivity index (χ1) is 13.1. The molecule has 1 aromatic heterocycles. The van der Waals surface area contributed by atoms with Crippen LogP contribution in [0.1, 0.15) is 33.3 Å². The molecule has 0 saturated carbocycles. The molecule has 7 nitrogen and oxygen atoms in total. The van der Waals surface area contributed by atoms with Gasteiger partial charge in [0.15, 0.2) is 5.82 Å². The highest BCUT2D eigenvalue weighted by atomic mass is 16.5. The van der Waals surface area contributed by atoms with E-state index >= 15 is 0 Å². The molecule has 1 amide bonds. The fraction of sp³-hybridized carbons (Fsp3) is 0.150. The van der Waals surface area contributed by atoms with Gasteiger partial charge < -0.3 is 19.7 Å². The van der Waals surface area contributed by atoms with Crippen molar-refractivity contribution in [1.82, 2.24) is 5.16 Å². The second kappa shape index (κ2) is 8.29. The molecule has 2 N–H and O–H groups in total. The molecule has 0 spiro atoms. The molecule has 3 aromatic rings. The first-order valence-corrected chi connectivity index (χ1v) is 8.26. The van der Waals surface area contributed by atoms with E-state index in [1.807, 2.05) is 0 Å². The smallest absolute Gasteiger partial charge is 0.339 e. The number of carbonyl (C=O) groups excluding carboxylic acids is 2. The van der Waals surface area contributed by atoms with Gasteiger partial charge in [-0.1, -0.05) is 47.6 Å². The topological polar surface area (TPSA) is 102 Å². The van der Waals surface area contributed by atoms with Gasteiger partial charge in [0.25, 0.3) is 5.91 Å². The molecule has 0 bridgehead atoms. The van der Waals surface area contributed by atoms with Crippen LogP contribution in [0, 0.1) is 6.92 Å². The van der Waals surface area contributed by atoms with Gasteiger partial charge in [0.2, 0.25) is 6.10 Å². The van der Waals surface area contributed by atoms with Crippen LogP contribution < -0.4 is 5.32 Å². The zero-order valence-corrected chi connectivity index (χ0v) is 14.6. The summed E-state index contributed by atoms with van der Waals surface area (Å²) < 4.78 is 10.4. The lowest BCUT2D eigenvalue weighted by atomic mass is 10.1. The van der Waals surface area contributed by atoms with Crippen molar-refractivity contribution in [2.75, 3.05) is 5.32 Å². The van der Waals surface area contributed by atoms with Gasteiger partial charge in [0.05, 0.1) is 12.2 Å². The summed E-state index contributed by atoms with van der Waals surface area (Å²) in [5.41, 5.74) is 1.47. The molecule has 0 saturated heterocycles. The number of aromatic nitrogens is 1. The number of aliphatic hydroxyl groups is 1. The first kappa shape index (κ1) is 18.3. The van der Waals surface area contributed by atoms with Crippen LogP contribution >= 0.6 is 0 Å². The molecule has 0 aliphatic rings.